The number of hydrogen-bond acceptors (Lipinski definition) is 6. The topological polar surface area (TPSA) is 122 Å². The van der Waals surface area contributed by atoms with Gasteiger partial charge in [-0.05, 0) is 78.5 Å². The van der Waals surface area contributed by atoms with Crippen molar-refractivity contribution in [3.8, 4) is 0 Å². The fourth-order valence-electron chi connectivity index (χ4n) is 4.93. The number of carbonyl (C=O) groups is 3. The molecule has 3 atom stereocenters. The highest BCUT2D eigenvalue weighted by Gasteiger charge is 2.45. The zero-order valence-corrected chi connectivity index (χ0v) is 23.4. The number of nitrogens with one attached hydrogen (secondary N) is 2. The van der Waals surface area contributed by atoms with E-state index in [1.807, 2.05) is 0 Å². The fourth-order valence-corrected chi connectivity index (χ4v) is 6.53. The predicted molar refractivity (Wildman–Crippen MR) is 143 cm³/mol. The number of benzene rings is 1. The third kappa shape index (κ3) is 7.28. The molecule has 9 nitrogen and oxygen atoms in total. The molecule has 2 aliphatic rings. The quantitative estimate of drug-likeness (QED) is 0.233. The number of hydrogen-bond donors (Lipinski definition) is 2. The molecule has 36 heavy (non-hydrogen) atoms. The average Bonchev–Trinajstić information content (AvgIpc) is 3.29. The first kappa shape index (κ1) is 28.6. The molecule has 198 valence electrons. The molecule has 0 aromatic heterocycles. The summed E-state index contributed by atoms with van der Waals surface area (Å²) < 4.78 is 34.4. The molecule has 2 amide bonds. The molecule has 11 heteroatoms. The van der Waals surface area contributed by atoms with Gasteiger partial charge in [-0.25, -0.2) is 17.9 Å². The lowest BCUT2D eigenvalue weighted by atomic mass is 9.83. The first-order valence-electron chi connectivity index (χ1n) is 12.2. The number of carbonyl (C=O) groups excluding carboxylic acids is 3. The summed E-state index contributed by atoms with van der Waals surface area (Å²) in [5.74, 6) is -1.27. The van der Waals surface area contributed by atoms with Gasteiger partial charge in [0.05, 0.1) is 12.0 Å². The SMILES string of the molecule is C=CCCC(=O)NC(C(=O)N1CC(NS(=O)(=O)c2ccc(I)cc2)CC1C(=O)OC)C1CCCCC1. The van der Waals surface area contributed by atoms with Crippen molar-refractivity contribution in [2.75, 3.05) is 13.7 Å². The van der Waals surface area contributed by atoms with Crippen LogP contribution < -0.4 is 10.0 Å². The van der Waals surface area contributed by atoms with E-state index in [2.05, 4.69) is 39.2 Å². The molecule has 3 rings (SSSR count). The lowest BCUT2D eigenvalue weighted by Gasteiger charge is -2.34. The maximum absolute atomic E-state index is 13.8. The van der Waals surface area contributed by atoms with E-state index in [9.17, 15) is 22.8 Å². The maximum Gasteiger partial charge on any atom is 0.328 e. The maximum atomic E-state index is 13.8. The molecule has 1 aromatic rings. The summed E-state index contributed by atoms with van der Waals surface area (Å²) in [5.41, 5.74) is 0. The second kappa shape index (κ2) is 13.0. The lowest BCUT2D eigenvalue weighted by Crippen LogP contribution is -2.55. The molecular weight excluding hydrogens is 597 g/mol. The normalized spacial score (nSPS) is 21.6. The third-order valence-corrected chi connectivity index (χ3v) is 9.04. The Bertz CT molecular complexity index is 1060. The molecule has 1 aliphatic heterocycles. The van der Waals surface area contributed by atoms with Crippen LogP contribution in [0.2, 0.25) is 0 Å². The minimum absolute atomic E-state index is 0.00788. The molecule has 0 spiro atoms. The van der Waals surface area contributed by atoms with Crippen molar-refractivity contribution in [1.29, 1.82) is 0 Å². The van der Waals surface area contributed by atoms with Crippen LogP contribution in [-0.4, -0.2) is 62.9 Å². The van der Waals surface area contributed by atoms with Gasteiger partial charge in [0.1, 0.15) is 12.1 Å². The minimum atomic E-state index is -3.86. The number of rotatable bonds is 10. The lowest BCUT2D eigenvalue weighted by molar-refractivity contribution is -0.152. The van der Waals surface area contributed by atoms with Gasteiger partial charge in [0.2, 0.25) is 21.8 Å². The zero-order chi connectivity index (χ0) is 26.3. The monoisotopic (exact) mass is 631 g/mol. The average molecular weight is 632 g/mol. The Labute approximate surface area is 226 Å². The number of amides is 2. The van der Waals surface area contributed by atoms with Gasteiger partial charge in [-0.3, -0.25) is 9.59 Å². The van der Waals surface area contributed by atoms with Crippen molar-refractivity contribution >= 4 is 50.4 Å². The van der Waals surface area contributed by atoms with Crippen LogP contribution in [0.4, 0.5) is 0 Å². The van der Waals surface area contributed by atoms with Crippen LogP contribution in [0.3, 0.4) is 0 Å². The van der Waals surface area contributed by atoms with E-state index in [4.69, 9.17) is 4.74 Å². The number of likely N-dealkylation sites (tertiary alicyclic amines) is 1. The second-order valence-corrected chi connectivity index (χ2v) is 12.3. The van der Waals surface area contributed by atoms with Crippen molar-refractivity contribution in [1.82, 2.24) is 14.9 Å². The van der Waals surface area contributed by atoms with E-state index in [-0.39, 0.29) is 42.0 Å². The molecule has 1 heterocycles. The van der Waals surface area contributed by atoms with Crippen LogP contribution in [0.1, 0.15) is 51.4 Å². The summed E-state index contributed by atoms with van der Waals surface area (Å²) in [7, 11) is -2.62. The number of methoxy groups -OCH3 is 1. The zero-order valence-electron chi connectivity index (χ0n) is 20.5. The molecule has 1 saturated heterocycles. The predicted octanol–water partition coefficient (Wildman–Crippen LogP) is 2.74. The summed E-state index contributed by atoms with van der Waals surface area (Å²) in [6.07, 6.45) is 7.08. The Balaban J connectivity index is 1.81. The highest BCUT2D eigenvalue weighted by molar-refractivity contribution is 14.1. The first-order chi connectivity index (χ1) is 17.2. The van der Waals surface area contributed by atoms with Gasteiger partial charge in [-0.15, -0.1) is 6.58 Å². The Morgan fingerprint density at radius 1 is 1.19 bits per heavy atom. The molecular formula is C25H34IN3O6S. The van der Waals surface area contributed by atoms with E-state index in [0.29, 0.717) is 6.42 Å². The first-order valence-corrected chi connectivity index (χ1v) is 14.8. The number of ether oxygens (including phenoxy) is 1. The molecule has 3 unspecified atom stereocenters. The molecule has 1 saturated carbocycles. The van der Waals surface area contributed by atoms with Gasteiger partial charge < -0.3 is 15.0 Å². The van der Waals surface area contributed by atoms with Crippen molar-refractivity contribution in [2.45, 2.75) is 74.4 Å². The Hall–Kier alpha value is -1.99. The molecule has 2 N–H and O–H groups in total. The summed E-state index contributed by atoms with van der Waals surface area (Å²) >= 11 is 2.09. The van der Waals surface area contributed by atoms with Crippen molar-refractivity contribution in [2.24, 2.45) is 5.92 Å². The second-order valence-electron chi connectivity index (χ2n) is 9.31. The van der Waals surface area contributed by atoms with Gasteiger partial charge >= 0.3 is 5.97 Å². The van der Waals surface area contributed by atoms with E-state index in [0.717, 1.165) is 35.7 Å². The number of esters is 1. The van der Waals surface area contributed by atoms with Crippen LogP contribution in [0.5, 0.6) is 0 Å². The van der Waals surface area contributed by atoms with Crippen molar-refractivity contribution in [3.05, 3.63) is 40.5 Å². The molecule has 1 aromatic carbocycles. The highest BCUT2D eigenvalue weighted by Crippen LogP contribution is 2.30. The summed E-state index contributed by atoms with van der Waals surface area (Å²) in [5, 5.41) is 2.90. The van der Waals surface area contributed by atoms with Crippen LogP contribution in [-0.2, 0) is 29.1 Å². The molecule has 2 fully saturated rings. The van der Waals surface area contributed by atoms with E-state index >= 15 is 0 Å². The van der Waals surface area contributed by atoms with E-state index < -0.39 is 34.1 Å². The van der Waals surface area contributed by atoms with Crippen molar-refractivity contribution < 1.29 is 27.5 Å². The van der Waals surface area contributed by atoms with Crippen LogP contribution in [0.15, 0.2) is 41.8 Å². The molecule has 0 bridgehead atoms. The van der Waals surface area contributed by atoms with Gasteiger partial charge in [0.25, 0.3) is 0 Å². The Kier molecular flexibility index (Phi) is 10.3. The number of allylic oxidation sites excluding steroid dienone is 1. The summed E-state index contributed by atoms with van der Waals surface area (Å²) in [4.78, 5) is 40.5. The molecule has 0 radical (unpaired) electrons. The van der Waals surface area contributed by atoms with Gasteiger partial charge in [-0.1, -0.05) is 25.3 Å². The van der Waals surface area contributed by atoms with Crippen LogP contribution in [0, 0.1) is 9.49 Å². The largest absolute Gasteiger partial charge is 0.467 e. The van der Waals surface area contributed by atoms with Gasteiger partial charge in [-0.2, -0.15) is 0 Å². The van der Waals surface area contributed by atoms with Crippen LogP contribution >= 0.6 is 22.6 Å². The van der Waals surface area contributed by atoms with Gasteiger partial charge in [0.15, 0.2) is 0 Å². The van der Waals surface area contributed by atoms with Gasteiger partial charge in [0, 0.05) is 22.6 Å². The van der Waals surface area contributed by atoms with Crippen molar-refractivity contribution in [3.63, 3.8) is 0 Å². The Morgan fingerprint density at radius 3 is 2.47 bits per heavy atom. The van der Waals surface area contributed by atoms with Crippen LogP contribution in [0.25, 0.3) is 0 Å². The summed E-state index contributed by atoms with van der Waals surface area (Å²) in [6.45, 7) is 3.65. The smallest absolute Gasteiger partial charge is 0.328 e. The number of sulfonamides is 1. The Morgan fingerprint density at radius 2 is 1.86 bits per heavy atom. The third-order valence-electron chi connectivity index (χ3n) is 6.78. The molecule has 1 aliphatic carbocycles. The van der Waals surface area contributed by atoms with E-state index in [1.54, 1.807) is 18.2 Å². The highest BCUT2D eigenvalue weighted by atomic mass is 127. The van der Waals surface area contributed by atoms with E-state index in [1.165, 1.54) is 24.1 Å². The standard InChI is InChI=1S/C25H34IN3O6S/c1-3-4-10-22(30)27-23(17-8-6-5-7-9-17)24(31)29-16-19(15-21(29)25(32)35-2)28-36(33,34)20-13-11-18(26)12-14-20/h3,11-14,17,19,21,23,28H,1,4-10,15-16H2,2H3,(H,27,30). The fraction of sp³-hybridized carbons (Fsp3) is 0.560. The summed E-state index contributed by atoms with van der Waals surface area (Å²) in [6, 6.07) is 4.02. The number of halogens is 1. The number of nitrogens with zero attached hydrogens (tertiary/aromatic N) is 1. The minimum Gasteiger partial charge on any atom is -0.467 e.